The van der Waals surface area contributed by atoms with E-state index in [0.717, 1.165) is 12.0 Å². The molecule has 2 rings (SSSR count). The molecule has 1 saturated heterocycles. The minimum atomic E-state index is -3.52. The quantitative estimate of drug-likeness (QED) is 0.566. The Morgan fingerprint density at radius 1 is 1.12 bits per heavy atom. The van der Waals surface area contributed by atoms with Gasteiger partial charge in [0, 0.05) is 32.3 Å². The normalized spacial score (nSPS) is 17.9. The van der Waals surface area contributed by atoms with Crippen LogP contribution in [0, 0.1) is 0 Å². The number of sulfonamides is 1. The molecule has 0 aliphatic carbocycles. The van der Waals surface area contributed by atoms with Crippen LogP contribution in [0.1, 0.15) is 38.7 Å². The molecule has 0 saturated carbocycles. The number of carbonyl (C=O) groups excluding carboxylic acids is 1. The zero-order valence-electron chi connectivity index (χ0n) is 15.8. The summed E-state index contributed by atoms with van der Waals surface area (Å²) in [4.78, 5) is 14.1. The van der Waals surface area contributed by atoms with Crippen LogP contribution < -0.4 is 0 Å². The summed E-state index contributed by atoms with van der Waals surface area (Å²) < 4.78 is 27.1. The Bertz CT molecular complexity index is 759. The Morgan fingerprint density at radius 2 is 1.73 bits per heavy atom. The van der Waals surface area contributed by atoms with Gasteiger partial charge in [-0.05, 0) is 37.0 Å². The average molecular weight is 377 g/mol. The van der Waals surface area contributed by atoms with Crippen molar-refractivity contribution in [3.8, 4) is 0 Å². The number of carbonyl (C=O) groups is 1. The molecular weight excluding hydrogens is 348 g/mol. The Kier molecular flexibility index (Phi) is 7.17. The minimum Gasteiger partial charge on any atom is -0.337 e. The molecule has 1 unspecified atom stereocenters. The molecule has 1 aromatic carbocycles. The molecule has 6 heteroatoms. The number of benzene rings is 1. The van der Waals surface area contributed by atoms with E-state index in [1.54, 1.807) is 29.2 Å². The van der Waals surface area contributed by atoms with Crippen molar-refractivity contribution >= 4 is 15.9 Å². The fourth-order valence-corrected chi connectivity index (χ4v) is 4.28. The van der Waals surface area contributed by atoms with Gasteiger partial charge in [-0.15, -0.1) is 0 Å². The van der Waals surface area contributed by atoms with Crippen LogP contribution in [-0.4, -0.2) is 49.7 Å². The smallest absolute Gasteiger partial charge is 0.246 e. The van der Waals surface area contributed by atoms with Gasteiger partial charge in [-0.1, -0.05) is 44.2 Å². The zero-order chi connectivity index (χ0) is 19.2. The molecule has 142 valence electrons. The van der Waals surface area contributed by atoms with Crippen molar-refractivity contribution in [1.29, 1.82) is 0 Å². The van der Waals surface area contributed by atoms with E-state index in [1.807, 2.05) is 25.1 Å². The van der Waals surface area contributed by atoms with Crippen LogP contribution in [0.15, 0.2) is 53.5 Å². The van der Waals surface area contributed by atoms with E-state index in [1.165, 1.54) is 10.4 Å². The molecule has 0 spiro atoms. The van der Waals surface area contributed by atoms with Gasteiger partial charge in [0.25, 0.3) is 0 Å². The highest BCUT2D eigenvalue weighted by atomic mass is 32.2. The number of nitrogens with zero attached hydrogens (tertiary/aromatic N) is 2. The Hall–Kier alpha value is -1.92. The summed E-state index contributed by atoms with van der Waals surface area (Å²) >= 11 is 0. The molecule has 1 aromatic rings. The van der Waals surface area contributed by atoms with Crippen LogP contribution in [0.5, 0.6) is 0 Å². The largest absolute Gasteiger partial charge is 0.337 e. The molecule has 1 heterocycles. The minimum absolute atomic E-state index is 0.0851. The number of piperazine rings is 1. The lowest BCUT2D eigenvalue weighted by Gasteiger charge is -2.33. The van der Waals surface area contributed by atoms with Crippen molar-refractivity contribution < 1.29 is 13.2 Å². The number of hydrogen-bond donors (Lipinski definition) is 0. The molecule has 1 aliphatic heterocycles. The monoisotopic (exact) mass is 376 g/mol. The molecular formula is C20H28N2O3S. The lowest BCUT2D eigenvalue weighted by atomic mass is 9.99. The summed E-state index contributed by atoms with van der Waals surface area (Å²) in [6.45, 7) is 7.58. The van der Waals surface area contributed by atoms with Crippen LogP contribution in [-0.2, 0) is 14.8 Å². The second-order valence-corrected chi connectivity index (χ2v) is 8.43. The van der Waals surface area contributed by atoms with Gasteiger partial charge in [0.15, 0.2) is 0 Å². The van der Waals surface area contributed by atoms with Crippen molar-refractivity contribution in [2.45, 2.75) is 38.0 Å². The molecule has 0 bridgehead atoms. The Morgan fingerprint density at radius 3 is 2.27 bits per heavy atom. The van der Waals surface area contributed by atoms with E-state index < -0.39 is 10.0 Å². The van der Waals surface area contributed by atoms with E-state index in [-0.39, 0.29) is 5.91 Å². The summed E-state index contributed by atoms with van der Waals surface area (Å²) in [5.41, 5.74) is 1.15. The van der Waals surface area contributed by atoms with Gasteiger partial charge < -0.3 is 4.90 Å². The molecule has 5 nitrogen and oxygen atoms in total. The topological polar surface area (TPSA) is 57.7 Å². The summed E-state index contributed by atoms with van der Waals surface area (Å²) in [6.07, 6.45) is 7.87. The van der Waals surface area contributed by atoms with E-state index in [4.69, 9.17) is 0 Å². The Balaban J connectivity index is 2.02. The van der Waals surface area contributed by atoms with E-state index in [9.17, 15) is 13.2 Å². The summed E-state index contributed by atoms with van der Waals surface area (Å²) in [7, 11) is -3.52. The maximum atomic E-state index is 12.8. The van der Waals surface area contributed by atoms with Crippen molar-refractivity contribution in [1.82, 2.24) is 9.21 Å². The van der Waals surface area contributed by atoms with Gasteiger partial charge >= 0.3 is 0 Å². The number of hydrogen-bond acceptors (Lipinski definition) is 3. The van der Waals surface area contributed by atoms with Gasteiger partial charge in [0.05, 0.1) is 4.90 Å². The van der Waals surface area contributed by atoms with Crippen LogP contribution in [0.2, 0.25) is 0 Å². The van der Waals surface area contributed by atoms with Gasteiger partial charge in [0.2, 0.25) is 15.9 Å². The van der Waals surface area contributed by atoms with Crippen molar-refractivity contribution in [3.05, 3.63) is 54.1 Å². The van der Waals surface area contributed by atoms with E-state index >= 15 is 0 Å². The first-order valence-electron chi connectivity index (χ1n) is 9.08. The van der Waals surface area contributed by atoms with Gasteiger partial charge in [-0.25, -0.2) is 8.42 Å². The number of rotatable bonds is 6. The highest BCUT2D eigenvalue weighted by Gasteiger charge is 2.29. The van der Waals surface area contributed by atoms with Crippen LogP contribution in [0.25, 0.3) is 0 Å². The van der Waals surface area contributed by atoms with Crippen LogP contribution in [0.3, 0.4) is 0 Å². The fourth-order valence-electron chi connectivity index (χ4n) is 2.86. The van der Waals surface area contributed by atoms with Crippen LogP contribution in [0.4, 0.5) is 0 Å². The second-order valence-electron chi connectivity index (χ2n) is 6.49. The molecule has 1 amide bonds. The molecule has 26 heavy (non-hydrogen) atoms. The van der Waals surface area contributed by atoms with Gasteiger partial charge in [-0.2, -0.15) is 4.31 Å². The highest BCUT2D eigenvalue weighted by molar-refractivity contribution is 7.89. The highest BCUT2D eigenvalue weighted by Crippen LogP contribution is 2.23. The third-order valence-electron chi connectivity index (χ3n) is 4.79. The summed E-state index contributed by atoms with van der Waals surface area (Å²) in [5, 5.41) is 0. The molecule has 1 aliphatic rings. The maximum absolute atomic E-state index is 12.8. The van der Waals surface area contributed by atoms with E-state index in [0.29, 0.717) is 37.0 Å². The SMILES string of the molecule is C/C=C/C=C/C(=O)N1CCN(S(=O)(=O)c2ccc(C(C)CC)cc2)CC1. The summed E-state index contributed by atoms with van der Waals surface area (Å²) in [5.74, 6) is 0.329. The molecule has 0 radical (unpaired) electrons. The predicted molar refractivity (Wildman–Crippen MR) is 104 cm³/mol. The van der Waals surface area contributed by atoms with Gasteiger partial charge in [-0.3, -0.25) is 4.79 Å². The number of amides is 1. The third kappa shape index (κ3) is 4.83. The second kappa shape index (κ2) is 9.14. The molecule has 0 aromatic heterocycles. The van der Waals surface area contributed by atoms with Crippen molar-refractivity contribution in [2.75, 3.05) is 26.2 Å². The lowest BCUT2D eigenvalue weighted by Crippen LogP contribution is -2.50. The third-order valence-corrected chi connectivity index (χ3v) is 6.70. The maximum Gasteiger partial charge on any atom is 0.246 e. The molecule has 1 fully saturated rings. The van der Waals surface area contributed by atoms with Crippen LogP contribution >= 0.6 is 0 Å². The van der Waals surface area contributed by atoms with Gasteiger partial charge in [0.1, 0.15) is 0 Å². The number of allylic oxidation sites excluding steroid dienone is 3. The predicted octanol–water partition coefficient (Wildman–Crippen LogP) is 3.17. The fraction of sp³-hybridized carbons (Fsp3) is 0.450. The molecule has 0 N–H and O–H groups in total. The molecule has 1 atom stereocenters. The average Bonchev–Trinajstić information content (AvgIpc) is 2.67. The zero-order valence-corrected chi connectivity index (χ0v) is 16.6. The first kappa shape index (κ1) is 20.4. The van der Waals surface area contributed by atoms with Crippen molar-refractivity contribution in [2.24, 2.45) is 0 Å². The first-order chi connectivity index (χ1) is 12.4. The lowest BCUT2D eigenvalue weighted by molar-refractivity contribution is -0.127. The van der Waals surface area contributed by atoms with E-state index in [2.05, 4.69) is 13.8 Å². The Labute approximate surface area is 157 Å². The standard InChI is InChI=1S/C20H28N2O3S/c1-4-6-7-8-20(23)21-13-15-22(16-14-21)26(24,25)19-11-9-18(10-12-19)17(3)5-2/h4,6-12,17H,5,13-16H2,1-3H3/b6-4+,8-7+. The first-order valence-corrected chi connectivity index (χ1v) is 10.5. The van der Waals surface area contributed by atoms with Crippen molar-refractivity contribution in [3.63, 3.8) is 0 Å². The summed E-state index contributed by atoms with van der Waals surface area (Å²) in [6, 6.07) is 7.17.